The number of non-ortho nitro benzene ring substituents is 1. The number of amides is 2. The number of nitrogens with zero attached hydrogens (tertiary/aromatic N) is 1. The fraction of sp³-hybridized carbons (Fsp3) is 0.250. The summed E-state index contributed by atoms with van der Waals surface area (Å²) in [7, 11) is 0. The number of carbonyl (C=O) groups excluding carboxylic acids is 2. The largest absolute Gasteiger partial charge is 0.480 e. The maximum Gasteiger partial charge on any atom is 0.326 e. The first-order chi connectivity index (χ1) is 14.2. The lowest BCUT2D eigenvalue weighted by Crippen LogP contribution is -2.52. The summed E-state index contributed by atoms with van der Waals surface area (Å²) in [6.07, 6.45) is -0.154. The summed E-state index contributed by atoms with van der Waals surface area (Å²) < 4.78 is 13.4. The van der Waals surface area contributed by atoms with E-state index in [-0.39, 0.29) is 18.5 Å². The Bertz CT molecular complexity index is 948. The van der Waals surface area contributed by atoms with Crippen molar-refractivity contribution in [3.8, 4) is 0 Å². The summed E-state index contributed by atoms with van der Waals surface area (Å²) in [6.45, 7) is 1.21. The number of nitro groups is 1. The summed E-state index contributed by atoms with van der Waals surface area (Å²) in [5.74, 6) is -3.07. The standard InChI is InChI=1S/C20H20FN3O6/c1-12(25)22-17(11-14-3-2-4-15(21)9-14)19(26)23-18(20(27)28)10-13-5-7-16(8-6-13)24(29)30/h2-9,17-18H,10-11H2,1H3,(H,22,25)(H,23,26)(H,27,28)/t17-,18+/m1/s1. The number of carboxylic acid groups (broad SMARTS) is 1. The lowest BCUT2D eigenvalue weighted by atomic mass is 10.0. The van der Waals surface area contributed by atoms with Crippen molar-refractivity contribution >= 4 is 23.5 Å². The molecule has 2 rings (SSSR count). The molecule has 2 aromatic rings. The molecular weight excluding hydrogens is 397 g/mol. The van der Waals surface area contributed by atoms with Crippen LogP contribution in [-0.4, -0.2) is 39.9 Å². The Morgan fingerprint density at radius 2 is 1.67 bits per heavy atom. The van der Waals surface area contributed by atoms with E-state index in [1.807, 2.05) is 0 Å². The van der Waals surface area contributed by atoms with Gasteiger partial charge in [0.25, 0.3) is 5.69 Å². The van der Waals surface area contributed by atoms with Crippen molar-refractivity contribution in [3.63, 3.8) is 0 Å². The number of hydrogen-bond acceptors (Lipinski definition) is 5. The number of nitro benzene ring substituents is 1. The summed E-state index contributed by atoms with van der Waals surface area (Å²) in [6, 6.07) is 8.33. The molecule has 2 atom stereocenters. The van der Waals surface area contributed by atoms with Gasteiger partial charge in [-0.15, -0.1) is 0 Å². The fourth-order valence-electron chi connectivity index (χ4n) is 2.82. The summed E-state index contributed by atoms with van der Waals surface area (Å²) >= 11 is 0. The maximum atomic E-state index is 13.4. The number of benzene rings is 2. The van der Waals surface area contributed by atoms with Crippen LogP contribution in [0.2, 0.25) is 0 Å². The Morgan fingerprint density at radius 1 is 1.03 bits per heavy atom. The van der Waals surface area contributed by atoms with Crippen molar-refractivity contribution in [2.75, 3.05) is 0 Å². The number of aliphatic carboxylic acids is 1. The molecule has 0 fully saturated rings. The minimum Gasteiger partial charge on any atom is -0.480 e. The van der Waals surface area contributed by atoms with Gasteiger partial charge in [-0.3, -0.25) is 19.7 Å². The van der Waals surface area contributed by atoms with E-state index in [4.69, 9.17) is 0 Å². The van der Waals surface area contributed by atoms with Gasteiger partial charge in [0, 0.05) is 31.9 Å². The van der Waals surface area contributed by atoms with E-state index in [1.165, 1.54) is 49.4 Å². The van der Waals surface area contributed by atoms with Crippen LogP contribution in [0.15, 0.2) is 48.5 Å². The van der Waals surface area contributed by atoms with Gasteiger partial charge in [-0.25, -0.2) is 9.18 Å². The highest BCUT2D eigenvalue weighted by molar-refractivity contribution is 5.90. The zero-order valence-electron chi connectivity index (χ0n) is 16.0. The normalized spacial score (nSPS) is 12.5. The fourth-order valence-corrected chi connectivity index (χ4v) is 2.82. The molecule has 3 N–H and O–H groups in total. The number of rotatable bonds is 9. The summed E-state index contributed by atoms with van der Waals surface area (Å²) in [4.78, 5) is 45.9. The number of nitrogens with one attached hydrogen (secondary N) is 2. The van der Waals surface area contributed by atoms with E-state index < -0.39 is 40.6 Å². The molecule has 0 aliphatic heterocycles. The highest BCUT2D eigenvalue weighted by atomic mass is 19.1. The summed E-state index contributed by atoms with van der Waals surface area (Å²) in [5.41, 5.74) is 0.774. The lowest BCUT2D eigenvalue weighted by molar-refractivity contribution is -0.384. The van der Waals surface area contributed by atoms with Gasteiger partial charge < -0.3 is 15.7 Å². The van der Waals surface area contributed by atoms with E-state index in [9.17, 15) is 34.0 Å². The van der Waals surface area contributed by atoms with E-state index in [0.717, 1.165) is 0 Å². The second kappa shape index (κ2) is 10.1. The molecule has 0 heterocycles. The van der Waals surface area contributed by atoms with Crippen LogP contribution in [0, 0.1) is 15.9 Å². The van der Waals surface area contributed by atoms with Gasteiger partial charge in [-0.2, -0.15) is 0 Å². The van der Waals surface area contributed by atoms with Gasteiger partial charge >= 0.3 is 5.97 Å². The van der Waals surface area contributed by atoms with Crippen LogP contribution < -0.4 is 10.6 Å². The third kappa shape index (κ3) is 6.66. The second-order valence-corrected chi connectivity index (χ2v) is 6.61. The Hall–Kier alpha value is -3.82. The minimum atomic E-state index is -1.33. The second-order valence-electron chi connectivity index (χ2n) is 6.61. The highest BCUT2D eigenvalue weighted by Crippen LogP contribution is 2.14. The van der Waals surface area contributed by atoms with Crippen LogP contribution >= 0.6 is 0 Å². The van der Waals surface area contributed by atoms with Gasteiger partial charge in [0.05, 0.1) is 4.92 Å². The van der Waals surface area contributed by atoms with Crippen LogP contribution in [0.4, 0.5) is 10.1 Å². The zero-order chi connectivity index (χ0) is 22.3. The number of hydrogen-bond donors (Lipinski definition) is 3. The van der Waals surface area contributed by atoms with Crippen LogP contribution in [0.3, 0.4) is 0 Å². The van der Waals surface area contributed by atoms with Gasteiger partial charge in [0.15, 0.2) is 0 Å². The number of carbonyl (C=O) groups is 3. The quantitative estimate of drug-likeness (QED) is 0.418. The Morgan fingerprint density at radius 3 is 2.20 bits per heavy atom. The van der Waals surface area contributed by atoms with Crippen molar-refractivity contribution in [2.24, 2.45) is 0 Å². The van der Waals surface area contributed by atoms with Crippen molar-refractivity contribution in [2.45, 2.75) is 31.8 Å². The van der Waals surface area contributed by atoms with E-state index in [1.54, 1.807) is 6.07 Å². The predicted molar refractivity (Wildman–Crippen MR) is 104 cm³/mol. The third-order valence-corrected chi connectivity index (χ3v) is 4.22. The monoisotopic (exact) mass is 417 g/mol. The molecule has 158 valence electrons. The molecule has 0 bridgehead atoms. The Labute approximate surface area is 171 Å². The molecule has 0 aliphatic rings. The average Bonchev–Trinajstić information content (AvgIpc) is 2.67. The van der Waals surface area contributed by atoms with Gasteiger partial charge in [-0.05, 0) is 23.3 Å². The SMILES string of the molecule is CC(=O)N[C@H](Cc1cccc(F)c1)C(=O)N[C@@H](Cc1ccc([N+](=O)[O-])cc1)C(=O)O. The van der Waals surface area contributed by atoms with E-state index >= 15 is 0 Å². The maximum absolute atomic E-state index is 13.4. The lowest BCUT2D eigenvalue weighted by Gasteiger charge is -2.21. The molecule has 2 amide bonds. The first-order valence-corrected chi connectivity index (χ1v) is 8.93. The first kappa shape index (κ1) is 22.5. The van der Waals surface area contributed by atoms with E-state index in [2.05, 4.69) is 10.6 Å². The summed E-state index contributed by atoms with van der Waals surface area (Å²) in [5, 5.41) is 25.0. The topological polar surface area (TPSA) is 139 Å². The molecule has 30 heavy (non-hydrogen) atoms. The predicted octanol–water partition coefficient (Wildman–Crippen LogP) is 1.59. The Kier molecular flexibility index (Phi) is 7.56. The molecule has 0 radical (unpaired) electrons. The van der Waals surface area contributed by atoms with Crippen LogP contribution in [0.1, 0.15) is 18.1 Å². The van der Waals surface area contributed by atoms with Crippen molar-refractivity contribution in [3.05, 3.63) is 75.6 Å². The highest BCUT2D eigenvalue weighted by Gasteiger charge is 2.26. The van der Waals surface area contributed by atoms with Crippen molar-refractivity contribution in [1.82, 2.24) is 10.6 Å². The van der Waals surface area contributed by atoms with Crippen LogP contribution in [-0.2, 0) is 27.2 Å². The third-order valence-electron chi connectivity index (χ3n) is 4.22. The van der Waals surface area contributed by atoms with E-state index in [0.29, 0.717) is 11.1 Å². The van der Waals surface area contributed by atoms with Crippen molar-refractivity contribution in [1.29, 1.82) is 0 Å². The molecule has 0 aliphatic carbocycles. The van der Waals surface area contributed by atoms with Gasteiger partial charge in [0.1, 0.15) is 17.9 Å². The van der Waals surface area contributed by atoms with Gasteiger partial charge in [-0.1, -0.05) is 24.3 Å². The molecule has 0 spiro atoms. The molecule has 0 saturated carbocycles. The first-order valence-electron chi connectivity index (χ1n) is 8.93. The number of halogens is 1. The Balaban J connectivity index is 2.13. The van der Waals surface area contributed by atoms with Gasteiger partial charge in [0.2, 0.25) is 11.8 Å². The molecule has 0 saturated heterocycles. The van der Waals surface area contributed by atoms with Crippen molar-refractivity contribution < 1.29 is 28.8 Å². The molecule has 0 aromatic heterocycles. The smallest absolute Gasteiger partial charge is 0.326 e. The minimum absolute atomic E-state index is 0.0347. The molecule has 10 heteroatoms. The molecular formula is C20H20FN3O6. The molecule has 9 nitrogen and oxygen atoms in total. The average molecular weight is 417 g/mol. The molecule has 2 aromatic carbocycles. The van der Waals surface area contributed by atoms with Crippen LogP contribution in [0.5, 0.6) is 0 Å². The number of carboxylic acids is 1. The zero-order valence-corrected chi connectivity index (χ0v) is 16.0. The molecule has 0 unspecified atom stereocenters. The van der Waals surface area contributed by atoms with Crippen LogP contribution in [0.25, 0.3) is 0 Å².